The molecule has 1 amide bonds. The van der Waals surface area contributed by atoms with Crippen LogP contribution in [0.1, 0.15) is 17.0 Å². The fraction of sp³-hybridized carbons (Fsp3) is 0.400. The number of rotatable bonds is 4. The van der Waals surface area contributed by atoms with Crippen LogP contribution in [0.4, 0.5) is 4.39 Å². The topological polar surface area (TPSA) is 60.2 Å². The van der Waals surface area contributed by atoms with Gasteiger partial charge in [0.05, 0.1) is 25.0 Å². The van der Waals surface area contributed by atoms with Crippen molar-refractivity contribution in [2.45, 2.75) is 26.9 Å². The number of carbonyl (C=O) groups excluding carboxylic acids is 1. The molecule has 0 atom stereocenters. The number of amides is 1. The molecule has 1 saturated heterocycles. The van der Waals surface area contributed by atoms with E-state index in [1.165, 1.54) is 6.07 Å². The van der Waals surface area contributed by atoms with Crippen molar-refractivity contribution in [3.8, 4) is 11.6 Å². The van der Waals surface area contributed by atoms with Gasteiger partial charge in [0.2, 0.25) is 6.41 Å². The summed E-state index contributed by atoms with van der Waals surface area (Å²) in [5, 5.41) is 4.41. The lowest BCUT2D eigenvalue weighted by atomic mass is 10.2. The molecule has 2 aromatic heterocycles. The lowest BCUT2D eigenvalue weighted by Crippen LogP contribution is -2.52. The zero-order valence-electron chi connectivity index (χ0n) is 12.7. The summed E-state index contributed by atoms with van der Waals surface area (Å²) in [5.41, 5.74) is 2.94. The Morgan fingerprint density at radius 1 is 1.36 bits per heavy atom. The Kier molecular flexibility index (Phi) is 3.56. The number of carbonyl (C=O) groups is 1. The first-order valence-electron chi connectivity index (χ1n) is 7.04. The van der Waals surface area contributed by atoms with Gasteiger partial charge in [-0.05, 0) is 26.3 Å². The van der Waals surface area contributed by atoms with Crippen LogP contribution in [0.25, 0.3) is 5.82 Å². The van der Waals surface area contributed by atoms with E-state index in [1.54, 1.807) is 9.58 Å². The van der Waals surface area contributed by atoms with Gasteiger partial charge in [-0.15, -0.1) is 0 Å². The van der Waals surface area contributed by atoms with Crippen molar-refractivity contribution in [1.82, 2.24) is 19.7 Å². The molecule has 0 aliphatic carbocycles. The largest absolute Gasteiger partial charge is 0.483 e. The molecule has 1 aliphatic rings. The van der Waals surface area contributed by atoms with Crippen LogP contribution in [0.3, 0.4) is 0 Å². The van der Waals surface area contributed by atoms with Gasteiger partial charge in [0.15, 0.2) is 17.4 Å². The summed E-state index contributed by atoms with van der Waals surface area (Å²) in [6.07, 6.45) is 1.71. The maximum Gasteiger partial charge on any atom is 0.209 e. The smallest absolute Gasteiger partial charge is 0.209 e. The highest BCUT2D eigenvalue weighted by atomic mass is 19.1. The van der Waals surface area contributed by atoms with Gasteiger partial charge in [-0.25, -0.2) is 14.1 Å². The Labute approximate surface area is 127 Å². The van der Waals surface area contributed by atoms with Crippen LogP contribution in [-0.2, 0) is 4.79 Å². The van der Waals surface area contributed by atoms with E-state index >= 15 is 0 Å². The molecule has 0 N–H and O–H groups in total. The van der Waals surface area contributed by atoms with E-state index in [0.717, 1.165) is 29.6 Å². The van der Waals surface area contributed by atoms with Gasteiger partial charge in [0, 0.05) is 11.8 Å². The van der Waals surface area contributed by atoms with Gasteiger partial charge in [-0.1, -0.05) is 0 Å². The molecule has 1 fully saturated rings. The number of likely N-dealkylation sites (tertiary alicyclic amines) is 1. The lowest BCUT2D eigenvalue weighted by molar-refractivity contribution is -0.126. The molecule has 1 aliphatic heterocycles. The number of pyridine rings is 1. The van der Waals surface area contributed by atoms with E-state index in [1.807, 2.05) is 20.8 Å². The highest BCUT2D eigenvalue weighted by molar-refractivity contribution is 5.49. The van der Waals surface area contributed by atoms with Gasteiger partial charge in [-0.3, -0.25) is 4.79 Å². The van der Waals surface area contributed by atoms with Crippen LogP contribution in [0, 0.1) is 26.6 Å². The van der Waals surface area contributed by atoms with Gasteiger partial charge in [-0.2, -0.15) is 5.10 Å². The second-order valence-electron chi connectivity index (χ2n) is 5.48. The third kappa shape index (κ3) is 2.43. The minimum absolute atomic E-state index is 0.130. The standard InChI is InChI=1S/C15H17FN4O2/c1-9-10(2)18-20(11(9)3)15-4-14(13(16)5-17-15)22-12-6-19(7-12)8-21/h4-5,8,12H,6-7H2,1-3H3. The monoisotopic (exact) mass is 304 g/mol. The molecule has 116 valence electrons. The molecule has 0 spiro atoms. The van der Waals surface area contributed by atoms with Crippen molar-refractivity contribution in [2.75, 3.05) is 13.1 Å². The number of hydrogen-bond acceptors (Lipinski definition) is 4. The molecule has 3 heterocycles. The van der Waals surface area contributed by atoms with Gasteiger partial charge in [0.25, 0.3) is 0 Å². The lowest BCUT2D eigenvalue weighted by Gasteiger charge is -2.36. The number of halogens is 1. The normalized spacial score (nSPS) is 14.8. The summed E-state index contributed by atoms with van der Waals surface area (Å²) in [5.74, 6) is 0.119. The summed E-state index contributed by atoms with van der Waals surface area (Å²) in [6.45, 7) is 6.79. The van der Waals surface area contributed by atoms with Crippen LogP contribution < -0.4 is 4.74 Å². The van der Waals surface area contributed by atoms with Gasteiger partial charge in [0.1, 0.15) is 6.10 Å². The first-order chi connectivity index (χ1) is 10.5. The van der Waals surface area contributed by atoms with Crippen LogP contribution in [0.5, 0.6) is 5.75 Å². The molecule has 22 heavy (non-hydrogen) atoms. The molecule has 0 unspecified atom stereocenters. The molecule has 3 rings (SSSR count). The maximum absolute atomic E-state index is 13.9. The van der Waals surface area contributed by atoms with Crippen molar-refractivity contribution >= 4 is 6.41 Å². The van der Waals surface area contributed by atoms with Crippen molar-refractivity contribution in [2.24, 2.45) is 0 Å². The second-order valence-corrected chi connectivity index (χ2v) is 5.48. The minimum Gasteiger partial charge on any atom is -0.483 e. The number of nitrogens with zero attached hydrogens (tertiary/aromatic N) is 4. The van der Waals surface area contributed by atoms with Crippen LogP contribution in [0.2, 0.25) is 0 Å². The van der Waals surface area contributed by atoms with Crippen molar-refractivity contribution < 1.29 is 13.9 Å². The number of aromatic nitrogens is 3. The number of hydrogen-bond donors (Lipinski definition) is 0. The average Bonchev–Trinajstić information content (AvgIpc) is 2.72. The minimum atomic E-state index is -0.522. The summed E-state index contributed by atoms with van der Waals surface area (Å²) in [7, 11) is 0. The quantitative estimate of drug-likeness (QED) is 0.804. The van der Waals surface area contributed by atoms with E-state index < -0.39 is 5.82 Å². The molecule has 0 bridgehead atoms. The molecule has 7 heteroatoms. The summed E-state index contributed by atoms with van der Waals surface area (Å²) in [4.78, 5) is 16.2. The zero-order valence-corrected chi connectivity index (χ0v) is 12.7. The van der Waals surface area contributed by atoms with Crippen molar-refractivity contribution in [1.29, 1.82) is 0 Å². The van der Waals surface area contributed by atoms with Crippen LogP contribution in [0.15, 0.2) is 12.3 Å². The average molecular weight is 304 g/mol. The van der Waals surface area contributed by atoms with Crippen LogP contribution >= 0.6 is 0 Å². The molecule has 0 radical (unpaired) electrons. The molecule has 0 aromatic carbocycles. The summed E-state index contributed by atoms with van der Waals surface area (Å²) in [6, 6.07) is 1.54. The Bertz CT molecular complexity index is 723. The summed E-state index contributed by atoms with van der Waals surface area (Å²) >= 11 is 0. The number of aryl methyl sites for hydroxylation is 1. The predicted octanol–water partition coefficient (Wildman–Crippen LogP) is 1.55. The van der Waals surface area contributed by atoms with Gasteiger partial charge < -0.3 is 9.64 Å². The van der Waals surface area contributed by atoms with Crippen molar-refractivity contribution in [3.63, 3.8) is 0 Å². The van der Waals surface area contributed by atoms with E-state index in [9.17, 15) is 9.18 Å². The maximum atomic E-state index is 13.9. The summed E-state index contributed by atoms with van der Waals surface area (Å²) < 4.78 is 21.1. The molecular formula is C15H17FN4O2. The fourth-order valence-electron chi connectivity index (χ4n) is 2.37. The van der Waals surface area contributed by atoms with Crippen LogP contribution in [-0.4, -0.2) is 45.3 Å². The Morgan fingerprint density at radius 2 is 2.09 bits per heavy atom. The van der Waals surface area contributed by atoms with Gasteiger partial charge >= 0.3 is 0 Å². The fourth-order valence-corrected chi connectivity index (χ4v) is 2.37. The zero-order chi connectivity index (χ0) is 15.9. The Balaban J connectivity index is 1.86. The van der Waals surface area contributed by atoms with E-state index in [2.05, 4.69) is 10.1 Å². The van der Waals surface area contributed by atoms with E-state index in [0.29, 0.717) is 18.9 Å². The van der Waals surface area contributed by atoms with E-state index in [-0.39, 0.29) is 11.9 Å². The molecular weight excluding hydrogens is 287 g/mol. The predicted molar refractivity (Wildman–Crippen MR) is 77.6 cm³/mol. The third-order valence-corrected chi connectivity index (χ3v) is 3.99. The molecule has 2 aromatic rings. The first-order valence-corrected chi connectivity index (χ1v) is 7.04. The SMILES string of the molecule is Cc1nn(-c2cc(OC3CN(C=O)C3)c(F)cn2)c(C)c1C. The second kappa shape index (κ2) is 5.40. The third-order valence-electron chi connectivity index (χ3n) is 3.99. The Hall–Kier alpha value is -2.44. The van der Waals surface area contributed by atoms with E-state index in [4.69, 9.17) is 4.74 Å². The number of ether oxygens (including phenoxy) is 1. The molecule has 6 nitrogen and oxygen atoms in total. The Morgan fingerprint density at radius 3 is 2.68 bits per heavy atom. The first kappa shape index (κ1) is 14.5. The highest BCUT2D eigenvalue weighted by Gasteiger charge is 2.28. The molecule has 0 saturated carbocycles. The highest BCUT2D eigenvalue weighted by Crippen LogP contribution is 2.24. The van der Waals surface area contributed by atoms with Crippen molar-refractivity contribution in [3.05, 3.63) is 35.0 Å².